The van der Waals surface area contributed by atoms with Crippen molar-refractivity contribution in [1.82, 2.24) is 5.16 Å². The van der Waals surface area contributed by atoms with Crippen LogP contribution in [0.5, 0.6) is 0 Å². The lowest BCUT2D eigenvalue weighted by atomic mass is 10.3. The Hall–Kier alpha value is -3.10. The summed E-state index contributed by atoms with van der Waals surface area (Å²) in [5.41, 5.74) is 14.2. The first-order valence-electron chi connectivity index (χ1n) is 3.40. The Labute approximate surface area is 84.8 Å². The van der Waals surface area contributed by atoms with Crippen molar-refractivity contribution < 1.29 is 19.1 Å². The number of rotatable bonds is 2. The van der Waals surface area contributed by atoms with Gasteiger partial charge in [0, 0.05) is 9.82 Å². The van der Waals surface area contributed by atoms with Crippen LogP contribution in [0.3, 0.4) is 0 Å². The van der Waals surface area contributed by atoms with Crippen LogP contribution in [0.1, 0.15) is 21.0 Å². The Morgan fingerprint density at radius 1 is 1.31 bits per heavy atom. The minimum atomic E-state index is -1.38. The molecule has 0 aliphatic rings. The molecule has 0 fully saturated rings. The molecule has 0 bridgehead atoms. The summed E-state index contributed by atoms with van der Waals surface area (Å²) >= 11 is 0. The second kappa shape index (κ2) is 4.41. The highest BCUT2D eigenvalue weighted by atomic mass is 16.8. The number of hydrogen-bond donors (Lipinski definition) is 0. The standard InChI is InChI=1S/C4N8O4/c5-10-7-3(13)1-2(4(14)8-11-6)12(15)16-9-1. The number of nitrogens with zero attached hydrogens (tertiary/aromatic N) is 8. The van der Waals surface area contributed by atoms with Crippen molar-refractivity contribution in [3.8, 4) is 0 Å². The highest BCUT2D eigenvalue weighted by Gasteiger charge is 2.30. The number of hydrogen-bond acceptors (Lipinski definition) is 5. The summed E-state index contributed by atoms with van der Waals surface area (Å²) < 4.78 is 3.93. The maximum absolute atomic E-state index is 11.0. The van der Waals surface area contributed by atoms with E-state index in [0.29, 0.717) is 0 Å². The van der Waals surface area contributed by atoms with E-state index < -0.39 is 28.1 Å². The SMILES string of the molecule is [N-]=[N+]=NC(=O)c1no[n+]([O-])c1C(=O)N=[N+]=[N-]. The van der Waals surface area contributed by atoms with Crippen LogP contribution in [0.4, 0.5) is 0 Å². The normalized spacial score (nSPS) is 8.75. The molecule has 2 amide bonds. The lowest BCUT2D eigenvalue weighted by Crippen LogP contribution is -2.31. The van der Waals surface area contributed by atoms with Gasteiger partial charge in [0.15, 0.2) is 0 Å². The third-order valence-electron chi connectivity index (χ3n) is 1.29. The van der Waals surface area contributed by atoms with E-state index in [2.05, 4.69) is 29.8 Å². The van der Waals surface area contributed by atoms with Crippen LogP contribution >= 0.6 is 0 Å². The number of aromatic nitrogens is 2. The first kappa shape index (κ1) is 11.0. The van der Waals surface area contributed by atoms with E-state index in [-0.39, 0.29) is 0 Å². The lowest BCUT2D eigenvalue weighted by Gasteiger charge is -1.88. The van der Waals surface area contributed by atoms with Crippen LogP contribution in [-0.2, 0) is 0 Å². The molecule has 0 atom stereocenters. The zero-order valence-electron chi connectivity index (χ0n) is 7.21. The van der Waals surface area contributed by atoms with Crippen molar-refractivity contribution in [2.24, 2.45) is 10.2 Å². The van der Waals surface area contributed by atoms with Crippen molar-refractivity contribution in [2.75, 3.05) is 0 Å². The topological polar surface area (TPSA) is 185 Å². The van der Waals surface area contributed by atoms with Gasteiger partial charge < -0.3 is 5.21 Å². The van der Waals surface area contributed by atoms with Gasteiger partial charge in [0.05, 0.1) is 5.16 Å². The molecule has 1 aromatic heterocycles. The van der Waals surface area contributed by atoms with E-state index in [4.69, 9.17) is 11.1 Å². The molecule has 12 heteroatoms. The minimum Gasteiger partial charge on any atom is -0.359 e. The van der Waals surface area contributed by atoms with Crippen molar-refractivity contribution in [2.45, 2.75) is 0 Å². The van der Waals surface area contributed by atoms with Crippen LogP contribution in [-0.4, -0.2) is 17.0 Å². The largest absolute Gasteiger partial charge is 0.359 e. The predicted octanol–water partition coefficient (Wildman–Crippen LogP) is 0.209. The maximum Gasteiger partial charge on any atom is 0.302 e. The predicted molar refractivity (Wildman–Crippen MR) is 42.4 cm³/mol. The number of azide groups is 2. The van der Waals surface area contributed by atoms with Gasteiger partial charge in [-0.2, -0.15) is 0 Å². The smallest absolute Gasteiger partial charge is 0.302 e. The van der Waals surface area contributed by atoms with Gasteiger partial charge in [-0.05, 0) is 26.2 Å². The van der Waals surface area contributed by atoms with Crippen LogP contribution in [0.15, 0.2) is 14.9 Å². The van der Waals surface area contributed by atoms with E-state index in [1.807, 2.05) is 0 Å². The van der Waals surface area contributed by atoms with Crippen LogP contribution < -0.4 is 4.90 Å². The summed E-state index contributed by atoms with van der Waals surface area (Å²) in [6, 6.07) is 0. The third-order valence-corrected chi connectivity index (χ3v) is 1.29. The van der Waals surface area contributed by atoms with E-state index in [0.717, 1.165) is 0 Å². The molecule has 1 aromatic rings. The second-order valence-corrected chi connectivity index (χ2v) is 2.12. The number of amides is 2. The molecule has 0 unspecified atom stereocenters. The minimum absolute atomic E-state index is 0.433. The van der Waals surface area contributed by atoms with E-state index in [9.17, 15) is 14.8 Å². The van der Waals surface area contributed by atoms with Crippen LogP contribution in [0.2, 0.25) is 0 Å². The van der Waals surface area contributed by atoms with Crippen molar-refractivity contribution in [1.29, 1.82) is 0 Å². The average molecular weight is 224 g/mol. The number of carbonyl (C=O) groups is 2. The van der Waals surface area contributed by atoms with Gasteiger partial charge in [0.2, 0.25) is 0 Å². The van der Waals surface area contributed by atoms with Crippen molar-refractivity contribution in [3.05, 3.63) is 37.5 Å². The maximum atomic E-state index is 11.0. The zero-order valence-corrected chi connectivity index (χ0v) is 7.21. The van der Waals surface area contributed by atoms with Gasteiger partial charge in [-0.3, -0.25) is 14.2 Å². The molecule has 1 rings (SSSR count). The monoisotopic (exact) mass is 224 g/mol. The summed E-state index contributed by atoms with van der Waals surface area (Å²) in [4.78, 5) is 25.9. The molecule has 0 N–H and O–H groups in total. The third kappa shape index (κ3) is 1.87. The molecule has 0 spiro atoms. The molecule has 1 heterocycles. The molecule has 0 radical (unpaired) electrons. The van der Waals surface area contributed by atoms with Crippen molar-refractivity contribution in [3.63, 3.8) is 0 Å². The lowest BCUT2D eigenvalue weighted by molar-refractivity contribution is -0.803. The Morgan fingerprint density at radius 3 is 2.44 bits per heavy atom. The summed E-state index contributed by atoms with van der Waals surface area (Å²) in [6.07, 6.45) is 0. The van der Waals surface area contributed by atoms with E-state index in [1.165, 1.54) is 0 Å². The van der Waals surface area contributed by atoms with Crippen molar-refractivity contribution >= 4 is 11.8 Å². The Balaban J connectivity index is 3.32. The van der Waals surface area contributed by atoms with Gasteiger partial charge in [-0.25, -0.2) is 0 Å². The molecule has 0 aliphatic carbocycles. The second-order valence-electron chi connectivity index (χ2n) is 2.12. The summed E-state index contributed by atoms with van der Waals surface area (Å²) in [6.45, 7) is 0. The fourth-order valence-electron chi connectivity index (χ4n) is 0.744. The fraction of sp³-hybridized carbons (Fsp3) is 0. The summed E-state index contributed by atoms with van der Waals surface area (Å²) in [7, 11) is 0. The summed E-state index contributed by atoms with van der Waals surface area (Å²) in [5.74, 6) is -2.69. The molecule has 0 aromatic carbocycles. The first-order valence-corrected chi connectivity index (χ1v) is 3.40. The Kier molecular flexibility index (Phi) is 3.03. The highest BCUT2D eigenvalue weighted by Crippen LogP contribution is 2.05. The van der Waals surface area contributed by atoms with E-state index in [1.54, 1.807) is 0 Å². The van der Waals surface area contributed by atoms with Gasteiger partial charge in [0.25, 0.3) is 17.5 Å². The van der Waals surface area contributed by atoms with Gasteiger partial charge in [0.1, 0.15) is 0 Å². The average Bonchev–Trinajstić information content (AvgIpc) is 2.61. The molecule has 16 heavy (non-hydrogen) atoms. The first-order chi connectivity index (χ1) is 7.61. The molecular weight excluding hydrogens is 224 g/mol. The highest BCUT2D eigenvalue weighted by molar-refractivity contribution is 6.04. The molecular formula is C4N8O4. The molecule has 0 saturated carbocycles. The van der Waals surface area contributed by atoms with Gasteiger partial charge in [-0.15, -0.1) is 0 Å². The summed E-state index contributed by atoms with van der Waals surface area (Å²) in [5, 5.41) is 18.9. The van der Waals surface area contributed by atoms with Crippen LogP contribution in [0, 0.1) is 5.21 Å². The Morgan fingerprint density at radius 2 is 1.88 bits per heavy atom. The molecule has 80 valence electrons. The zero-order chi connectivity index (χ0) is 12.1. The Bertz CT molecular complexity index is 546. The molecule has 0 aliphatic heterocycles. The quantitative estimate of drug-likeness (QED) is 0.300. The number of carbonyl (C=O) groups excluding carboxylic acids is 2. The molecule has 0 saturated heterocycles. The molecule has 12 nitrogen and oxygen atoms in total. The van der Waals surface area contributed by atoms with Gasteiger partial charge in [-0.1, -0.05) is 0 Å². The van der Waals surface area contributed by atoms with Gasteiger partial charge >= 0.3 is 5.69 Å². The van der Waals surface area contributed by atoms with Crippen LogP contribution in [0.25, 0.3) is 20.9 Å². The fourth-order valence-corrected chi connectivity index (χ4v) is 0.744. The van der Waals surface area contributed by atoms with E-state index >= 15 is 0 Å².